The van der Waals surface area contributed by atoms with Crippen LogP contribution in [0.15, 0.2) is 40.7 Å². The lowest BCUT2D eigenvalue weighted by molar-refractivity contribution is 0.297. The number of anilines is 1. The van der Waals surface area contributed by atoms with Gasteiger partial charge in [0.2, 0.25) is 0 Å². The SMILES string of the molecule is CN=C(NCc1ccc2c(c1)OCCCO2)N1CCN(c2cccs2)CC1. The molecule has 0 spiro atoms. The molecule has 7 heteroatoms. The minimum Gasteiger partial charge on any atom is -0.490 e. The van der Waals surface area contributed by atoms with Gasteiger partial charge in [0.25, 0.3) is 0 Å². The number of hydrogen-bond donors (Lipinski definition) is 1. The Balaban J connectivity index is 1.33. The van der Waals surface area contributed by atoms with Crippen molar-refractivity contribution in [2.75, 3.05) is 51.3 Å². The zero-order chi connectivity index (χ0) is 18.5. The molecule has 3 heterocycles. The molecule has 0 bridgehead atoms. The predicted octanol–water partition coefficient (Wildman–Crippen LogP) is 2.81. The lowest BCUT2D eigenvalue weighted by atomic mass is 10.2. The fourth-order valence-corrected chi connectivity index (χ4v) is 4.20. The Morgan fingerprint density at radius 3 is 2.67 bits per heavy atom. The first-order chi connectivity index (χ1) is 13.3. The highest BCUT2D eigenvalue weighted by atomic mass is 32.1. The van der Waals surface area contributed by atoms with Crippen LogP contribution in [0.4, 0.5) is 5.00 Å². The molecule has 0 aliphatic carbocycles. The number of ether oxygens (including phenoxy) is 2. The highest BCUT2D eigenvalue weighted by Crippen LogP contribution is 2.30. The van der Waals surface area contributed by atoms with Crippen LogP contribution >= 0.6 is 11.3 Å². The van der Waals surface area contributed by atoms with E-state index in [4.69, 9.17) is 9.47 Å². The first-order valence-corrected chi connectivity index (χ1v) is 10.3. The number of nitrogens with zero attached hydrogens (tertiary/aromatic N) is 3. The van der Waals surface area contributed by atoms with Gasteiger partial charge in [0, 0.05) is 46.2 Å². The van der Waals surface area contributed by atoms with Crippen molar-refractivity contribution in [2.45, 2.75) is 13.0 Å². The maximum absolute atomic E-state index is 5.79. The van der Waals surface area contributed by atoms with Crippen LogP contribution in [0.2, 0.25) is 0 Å². The standard InChI is InChI=1S/C20H26N4O2S/c1-21-20(24-9-7-23(8-10-24)19-4-2-13-27-19)22-15-16-5-6-17-18(14-16)26-12-3-11-25-17/h2,4-6,13-14H,3,7-12,15H2,1H3,(H,21,22). The number of piperazine rings is 1. The van der Waals surface area contributed by atoms with Crippen molar-refractivity contribution in [3.05, 3.63) is 41.3 Å². The molecule has 1 fully saturated rings. The average Bonchev–Trinajstić information content (AvgIpc) is 3.15. The van der Waals surface area contributed by atoms with Crippen molar-refractivity contribution in [3.63, 3.8) is 0 Å². The molecule has 27 heavy (non-hydrogen) atoms. The van der Waals surface area contributed by atoms with E-state index in [1.807, 2.05) is 13.1 Å². The van der Waals surface area contributed by atoms with E-state index in [1.165, 1.54) is 5.00 Å². The minimum atomic E-state index is 0.708. The molecule has 2 aliphatic heterocycles. The second-order valence-corrected chi connectivity index (χ2v) is 7.58. The Hall–Kier alpha value is -2.41. The topological polar surface area (TPSA) is 49.3 Å². The number of benzene rings is 1. The van der Waals surface area contributed by atoms with Gasteiger partial charge in [-0.3, -0.25) is 4.99 Å². The lowest BCUT2D eigenvalue weighted by Gasteiger charge is -2.37. The van der Waals surface area contributed by atoms with Crippen molar-refractivity contribution >= 4 is 22.3 Å². The highest BCUT2D eigenvalue weighted by molar-refractivity contribution is 7.14. The molecule has 1 aromatic carbocycles. The number of aliphatic imine (C=N–C) groups is 1. The van der Waals surface area contributed by atoms with Gasteiger partial charge in [-0.15, -0.1) is 11.3 Å². The first kappa shape index (κ1) is 18.0. The molecule has 4 rings (SSSR count). The highest BCUT2D eigenvalue weighted by Gasteiger charge is 2.20. The monoisotopic (exact) mass is 386 g/mol. The van der Waals surface area contributed by atoms with E-state index >= 15 is 0 Å². The van der Waals surface area contributed by atoms with Crippen LogP contribution in [-0.4, -0.2) is 57.3 Å². The van der Waals surface area contributed by atoms with Gasteiger partial charge in [-0.1, -0.05) is 6.07 Å². The van der Waals surface area contributed by atoms with Gasteiger partial charge in [-0.2, -0.15) is 0 Å². The average molecular weight is 387 g/mol. The molecule has 1 N–H and O–H groups in total. The third kappa shape index (κ3) is 4.30. The van der Waals surface area contributed by atoms with Crippen LogP contribution < -0.4 is 19.7 Å². The number of nitrogens with one attached hydrogen (secondary N) is 1. The van der Waals surface area contributed by atoms with E-state index in [-0.39, 0.29) is 0 Å². The molecule has 0 atom stereocenters. The summed E-state index contributed by atoms with van der Waals surface area (Å²) in [6, 6.07) is 10.5. The van der Waals surface area contributed by atoms with Gasteiger partial charge in [-0.25, -0.2) is 0 Å². The molecule has 2 aromatic rings. The largest absolute Gasteiger partial charge is 0.490 e. The summed E-state index contributed by atoms with van der Waals surface area (Å²) in [5.41, 5.74) is 1.16. The summed E-state index contributed by atoms with van der Waals surface area (Å²) in [6.07, 6.45) is 0.923. The summed E-state index contributed by atoms with van der Waals surface area (Å²) in [7, 11) is 1.85. The minimum absolute atomic E-state index is 0.708. The molecule has 2 aliphatic rings. The molecule has 0 radical (unpaired) electrons. The summed E-state index contributed by atoms with van der Waals surface area (Å²) in [5, 5.41) is 6.98. The Labute approximate surface area is 164 Å². The fraction of sp³-hybridized carbons (Fsp3) is 0.450. The van der Waals surface area contributed by atoms with Crippen LogP contribution in [0.3, 0.4) is 0 Å². The third-order valence-electron chi connectivity index (χ3n) is 4.87. The van der Waals surface area contributed by atoms with Crippen molar-refractivity contribution in [3.8, 4) is 11.5 Å². The van der Waals surface area contributed by atoms with Crippen LogP contribution in [0.5, 0.6) is 11.5 Å². The van der Waals surface area contributed by atoms with Crippen LogP contribution in [0.25, 0.3) is 0 Å². The zero-order valence-corrected chi connectivity index (χ0v) is 16.5. The Morgan fingerprint density at radius 2 is 1.93 bits per heavy atom. The quantitative estimate of drug-likeness (QED) is 0.649. The maximum atomic E-state index is 5.79. The van der Waals surface area contributed by atoms with E-state index < -0.39 is 0 Å². The van der Waals surface area contributed by atoms with Gasteiger partial charge in [0.1, 0.15) is 0 Å². The van der Waals surface area contributed by atoms with E-state index in [0.717, 1.165) is 55.6 Å². The normalized spacial score (nSPS) is 17.6. The molecular weight excluding hydrogens is 360 g/mol. The summed E-state index contributed by atoms with van der Waals surface area (Å²) >= 11 is 1.80. The molecule has 1 aromatic heterocycles. The number of thiophene rings is 1. The van der Waals surface area contributed by atoms with Gasteiger partial charge >= 0.3 is 0 Å². The summed E-state index contributed by atoms with van der Waals surface area (Å²) < 4.78 is 11.5. The van der Waals surface area contributed by atoms with Crippen molar-refractivity contribution < 1.29 is 9.47 Å². The Morgan fingerprint density at radius 1 is 1.11 bits per heavy atom. The summed E-state index contributed by atoms with van der Waals surface area (Å²) in [5.74, 6) is 2.63. The summed E-state index contributed by atoms with van der Waals surface area (Å²) in [4.78, 5) is 9.25. The maximum Gasteiger partial charge on any atom is 0.194 e. The lowest BCUT2D eigenvalue weighted by Crippen LogP contribution is -2.52. The van der Waals surface area contributed by atoms with Crippen LogP contribution in [0.1, 0.15) is 12.0 Å². The van der Waals surface area contributed by atoms with Gasteiger partial charge in [0.05, 0.1) is 18.2 Å². The number of hydrogen-bond acceptors (Lipinski definition) is 5. The Kier molecular flexibility index (Phi) is 5.67. The zero-order valence-electron chi connectivity index (χ0n) is 15.7. The van der Waals surface area contributed by atoms with Gasteiger partial charge in [-0.05, 0) is 35.2 Å². The van der Waals surface area contributed by atoms with Crippen LogP contribution in [-0.2, 0) is 6.54 Å². The van der Waals surface area contributed by atoms with E-state index in [1.54, 1.807) is 11.3 Å². The van der Waals surface area contributed by atoms with Crippen LogP contribution in [0, 0.1) is 0 Å². The number of rotatable bonds is 3. The van der Waals surface area contributed by atoms with E-state index in [9.17, 15) is 0 Å². The smallest absolute Gasteiger partial charge is 0.194 e. The van der Waals surface area contributed by atoms with Gasteiger partial charge < -0.3 is 24.6 Å². The third-order valence-corrected chi connectivity index (χ3v) is 5.80. The van der Waals surface area contributed by atoms with Crippen molar-refractivity contribution in [1.82, 2.24) is 10.2 Å². The van der Waals surface area contributed by atoms with Gasteiger partial charge in [0.15, 0.2) is 17.5 Å². The molecule has 0 amide bonds. The fourth-order valence-electron chi connectivity index (χ4n) is 3.42. The molecule has 0 saturated carbocycles. The first-order valence-electron chi connectivity index (χ1n) is 9.46. The van der Waals surface area contributed by atoms with Crippen molar-refractivity contribution in [1.29, 1.82) is 0 Å². The molecule has 6 nitrogen and oxygen atoms in total. The number of guanidine groups is 1. The predicted molar refractivity (Wildman–Crippen MR) is 110 cm³/mol. The molecule has 1 saturated heterocycles. The van der Waals surface area contributed by atoms with E-state index in [2.05, 4.69) is 49.8 Å². The second kappa shape index (κ2) is 8.52. The molecular formula is C20H26N4O2S. The Bertz CT molecular complexity index is 770. The summed E-state index contributed by atoms with van der Waals surface area (Å²) in [6.45, 7) is 6.12. The van der Waals surface area contributed by atoms with E-state index in [0.29, 0.717) is 19.8 Å². The second-order valence-electron chi connectivity index (χ2n) is 6.66. The number of fused-ring (bicyclic) bond motifs is 1. The molecule has 0 unspecified atom stereocenters. The molecule has 144 valence electrons. The van der Waals surface area contributed by atoms with Crippen molar-refractivity contribution in [2.24, 2.45) is 4.99 Å².